The lowest BCUT2D eigenvalue weighted by molar-refractivity contribution is -0.135. The number of carbonyl (C=O) groups is 2. The largest absolute Gasteiger partial charge is 0.493 e. The predicted molar refractivity (Wildman–Crippen MR) is 143 cm³/mol. The quantitative estimate of drug-likeness (QED) is 0.273. The zero-order valence-corrected chi connectivity index (χ0v) is 21.4. The summed E-state index contributed by atoms with van der Waals surface area (Å²) >= 11 is 0. The molecule has 1 aliphatic rings. The molecule has 2 aromatic carbocycles. The van der Waals surface area contributed by atoms with E-state index in [4.69, 9.17) is 9.47 Å². The van der Waals surface area contributed by atoms with Crippen molar-refractivity contribution in [2.45, 2.75) is 26.0 Å². The molecule has 1 aliphatic heterocycles. The predicted octanol–water partition coefficient (Wildman–Crippen LogP) is 2.56. The highest BCUT2D eigenvalue weighted by Crippen LogP contribution is 2.24. The Bertz CT molecular complexity index is 1540. The smallest absolute Gasteiger partial charge is 0.326 e. The van der Waals surface area contributed by atoms with Gasteiger partial charge < -0.3 is 29.8 Å². The minimum absolute atomic E-state index is 0.0368. The van der Waals surface area contributed by atoms with E-state index >= 15 is 0 Å². The third-order valence-electron chi connectivity index (χ3n) is 6.57. The number of morpholine rings is 1. The SMILES string of the molecule is Cc1cc(COc2ccc(C(=O)NC(CC(=O)N3CCOCC3)c3[nH]c(=O)[nH]c3O)cc2)c2ccccc2n1. The molecule has 0 saturated carbocycles. The van der Waals surface area contributed by atoms with E-state index < -0.39 is 23.5 Å². The number of H-pyrrole nitrogens is 2. The topological polar surface area (TPSA) is 150 Å². The van der Waals surface area contributed by atoms with Crippen molar-refractivity contribution >= 4 is 22.7 Å². The van der Waals surface area contributed by atoms with Gasteiger partial charge in [-0.1, -0.05) is 18.2 Å². The fourth-order valence-electron chi connectivity index (χ4n) is 4.60. The first-order chi connectivity index (χ1) is 18.9. The second-order valence-corrected chi connectivity index (χ2v) is 9.32. The average molecular weight is 532 g/mol. The molecule has 1 fully saturated rings. The zero-order valence-electron chi connectivity index (χ0n) is 21.4. The number of ether oxygens (including phenoxy) is 2. The van der Waals surface area contributed by atoms with Gasteiger partial charge in [0.25, 0.3) is 5.91 Å². The highest BCUT2D eigenvalue weighted by Gasteiger charge is 2.27. The molecule has 5 rings (SSSR count). The normalized spacial score (nSPS) is 14.2. The lowest BCUT2D eigenvalue weighted by Crippen LogP contribution is -2.42. The minimum atomic E-state index is -0.953. The van der Waals surface area contributed by atoms with Crippen LogP contribution < -0.4 is 15.7 Å². The molecule has 1 saturated heterocycles. The second kappa shape index (κ2) is 11.4. The molecule has 3 heterocycles. The maximum Gasteiger partial charge on any atom is 0.326 e. The van der Waals surface area contributed by atoms with E-state index in [9.17, 15) is 19.5 Å². The Labute approximate surface area is 223 Å². The van der Waals surface area contributed by atoms with Gasteiger partial charge in [0.15, 0.2) is 0 Å². The van der Waals surface area contributed by atoms with Crippen LogP contribution in [0.5, 0.6) is 11.6 Å². The molecule has 11 nitrogen and oxygen atoms in total. The van der Waals surface area contributed by atoms with Crippen LogP contribution in [0.15, 0.2) is 59.4 Å². The molecule has 0 bridgehead atoms. The van der Waals surface area contributed by atoms with Crippen LogP contribution in [-0.2, 0) is 16.1 Å². The van der Waals surface area contributed by atoms with Crippen LogP contribution in [0.3, 0.4) is 0 Å². The summed E-state index contributed by atoms with van der Waals surface area (Å²) < 4.78 is 11.3. The maximum absolute atomic E-state index is 13.1. The molecule has 202 valence electrons. The summed E-state index contributed by atoms with van der Waals surface area (Å²) in [6, 6.07) is 15.5. The molecule has 2 amide bonds. The molecule has 0 aliphatic carbocycles. The fraction of sp³-hybridized carbons (Fsp3) is 0.286. The van der Waals surface area contributed by atoms with Gasteiger partial charge in [0.2, 0.25) is 11.8 Å². The Kier molecular flexibility index (Phi) is 7.60. The number of nitrogens with one attached hydrogen (secondary N) is 3. The molecule has 0 radical (unpaired) electrons. The van der Waals surface area contributed by atoms with Crippen LogP contribution in [0.2, 0.25) is 0 Å². The number of fused-ring (bicyclic) bond motifs is 1. The van der Waals surface area contributed by atoms with Gasteiger partial charge in [-0.2, -0.15) is 0 Å². The first-order valence-electron chi connectivity index (χ1n) is 12.6. The summed E-state index contributed by atoms with van der Waals surface area (Å²) in [4.78, 5) is 48.6. The summed E-state index contributed by atoms with van der Waals surface area (Å²) in [6.07, 6.45) is -0.145. The van der Waals surface area contributed by atoms with Crippen molar-refractivity contribution in [3.05, 3.63) is 87.6 Å². The summed E-state index contributed by atoms with van der Waals surface area (Å²) in [6.45, 7) is 4.01. The van der Waals surface area contributed by atoms with E-state index in [1.165, 1.54) is 0 Å². The van der Waals surface area contributed by atoms with Gasteiger partial charge in [-0.25, -0.2) is 4.79 Å². The van der Waals surface area contributed by atoms with Crippen molar-refractivity contribution in [1.29, 1.82) is 0 Å². The number of aromatic nitrogens is 3. The van der Waals surface area contributed by atoms with Crippen molar-refractivity contribution in [1.82, 2.24) is 25.2 Å². The fourth-order valence-corrected chi connectivity index (χ4v) is 4.60. The first kappa shape index (κ1) is 26.0. The number of hydrogen-bond acceptors (Lipinski definition) is 7. The number of aryl methyl sites for hydroxylation is 1. The van der Waals surface area contributed by atoms with Gasteiger partial charge in [-0.05, 0) is 43.3 Å². The third kappa shape index (κ3) is 6.10. The van der Waals surface area contributed by atoms with Crippen LogP contribution in [0.4, 0.5) is 0 Å². The van der Waals surface area contributed by atoms with E-state index in [1.807, 2.05) is 37.3 Å². The van der Waals surface area contributed by atoms with E-state index in [0.717, 1.165) is 22.2 Å². The number of carbonyl (C=O) groups excluding carboxylic acids is 2. The summed E-state index contributed by atoms with van der Waals surface area (Å²) in [5.74, 6) is -0.550. The number of aromatic amines is 2. The van der Waals surface area contributed by atoms with E-state index in [0.29, 0.717) is 44.2 Å². The lowest BCUT2D eigenvalue weighted by Gasteiger charge is -2.28. The molecular weight excluding hydrogens is 502 g/mol. The van der Waals surface area contributed by atoms with E-state index in [2.05, 4.69) is 20.3 Å². The van der Waals surface area contributed by atoms with Crippen molar-refractivity contribution < 1.29 is 24.2 Å². The Balaban J connectivity index is 1.27. The molecule has 1 atom stereocenters. The molecule has 11 heteroatoms. The third-order valence-corrected chi connectivity index (χ3v) is 6.57. The standard InChI is InChI=1S/C28H29N5O6/c1-17-14-19(21-4-2-3-5-22(21)29-17)16-39-20-8-6-18(7-9-20)26(35)30-23(25-27(36)32-28(37)31-25)15-24(34)33-10-12-38-13-11-33/h2-9,14,23,36H,10-13,15-16H2,1H3,(H,30,35)(H2,31,32,37). The lowest BCUT2D eigenvalue weighted by atomic mass is 10.1. The molecule has 0 spiro atoms. The number of imidazole rings is 1. The summed E-state index contributed by atoms with van der Waals surface area (Å²) in [7, 11) is 0. The van der Waals surface area contributed by atoms with Crippen LogP contribution in [0.1, 0.15) is 39.8 Å². The first-order valence-corrected chi connectivity index (χ1v) is 12.6. The number of amides is 2. The number of hydrogen-bond donors (Lipinski definition) is 4. The Morgan fingerprint density at radius 1 is 1.13 bits per heavy atom. The summed E-state index contributed by atoms with van der Waals surface area (Å²) in [5.41, 5.74) is 2.53. The van der Waals surface area contributed by atoms with Crippen molar-refractivity contribution in [2.24, 2.45) is 0 Å². The van der Waals surface area contributed by atoms with Gasteiger partial charge in [-0.3, -0.25) is 19.6 Å². The van der Waals surface area contributed by atoms with Crippen molar-refractivity contribution in [3.8, 4) is 11.6 Å². The number of benzene rings is 2. The number of pyridine rings is 1. The van der Waals surface area contributed by atoms with Gasteiger partial charge in [-0.15, -0.1) is 0 Å². The second-order valence-electron chi connectivity index (χ2n) is 9.32. The number of aromatic hydroxyl groups is 1. The molecule has 39 heavy (non-hydrogen) atoms. The highest BCUT2D eigenvalue weighted by atomic mass is 16.5. The van der Waals surface area contributed by atoms with Crippen molar-refractivity contribution in [2.75, 3.05) is 26.3 Å². The molecule has 4 N–H and O–H groups in total. The summed E-state index contributed by atoms with van der Waals surface area (Å²) in [5, 5.41) is 14.0. The van der Waals surface area contributed by atoms with Crippen LogP contribution in [0.25, 0.3) is 10.9 Å². The van der Waals surface area contributed by atoms with E-state index in [-0.39, 0.29) is 18.0 Å². The van der Waals surface area contributed by atoms with E-state index in [1.54, 1.807) is 29.2 Å². The zero-order chi connectivity index (χ0) is 27.4. The average Bonchev–Trinajstić information content (AvgIpc) is 3.29. The van der Waals surface area contributed by atoms with Gasteiger partial charge in [0.05, 0.1) is 31.2 Å². The van der Waals surface area contributed by atoms with Crippen molar-refractivity contribution in [3.63, 3.8) is 0 Å². The van der Waals surface area contributed by atoms with Gasteiger partial charge in [0, 0.05) is 35.3 Å². The van der Waals surface area contributed by atoms with Gasteiger partial charge >= 0.3 is 5.69 Å². The Hall–Kier alpha value is -4.64. The Morgan fingerprint density at radius 2 is 1.87 bits per heavy atom. The monoisotopic (exact) mass is 531 g/mol. The van der Waals surface area contributed by atoms with Crippen LogP contribution >= 0.6 is 0 Å². The Morgan fingerprint density at radius 3 is 2.59 bits per heavy atom. The number of para-hydroxylation sites is 1. The number of rotatable bonds is 8. The highest BCUT2D eigenvalue weighted by molar-refractivity contribution is 5.95. The van der Waals surface area contributed by atoms with Gasteiger partial charge in [0.1, 0.15) is 18.1 Å². The number of nitrogens with zero attached hydrogens (tertiary/aromatic N) is 2. The molecule has 2 aromatic heterocycles. The maximum atomic E-state index is 13.1. The molecule has 4 aromatic rings. The molecular formula is C28H29N5O6. The molecule has 1 unspecified atom stereocenters. The van der Waals surface area contributed by atoms with Crippen LogP contribution in [0, 0.1) is 6.92 Å². The van der Waals surface area contributed by atoms with Crippen LogP contribution in [-0.4, -0.2) is 63.1 Å². The minimum Gasteiger partial charge on any atom is -0.493 e.